The predicted molar refractivity (Wildman–Crippen MR) is 132 cm³/mol. The summed E-state index contributed by atoms with van der Waals surface area (Å²) >= 11 is 7.17. The molecule has 1 fully saturated rings. The highest BCUT2D eigenvalue weighted by atomic mass is 32.1. The zero-order chi connectivity index (χ0) is 24.2. The van der Waals surface area contributed by atoms with Crippen molar-refractivity contribution in [3.8, 4) is 0 Å². The Kier molecular flexibility index (Phi) is 8.09. The van der Waals surface area contributed by atoms with Gasteiger partial charge in [0.15, 0.2) is 5.11 Å². The normalized spacial score (nSPS) is 17.3. The Morgan fingerprint density at radius 3 is 2.61 bits per heavy atom. The summed E-state index contributed by atoms with van der Waals surface area (Å²) in [6.07, 6.45) is 4.23. The third-order valence-corrected chi connectivity index (χ3v) is 7.19. The van der Waals surface area contributed by atoms with Crippen LogP contribution in [-0.4, -0.2) is 95.3 Å². The zero-order valence-electron chi connectivity index (χ0n) is 19.5. The van der Waals surface area contributed by atoms with Gasteiger partial charge in [-0.3, -0.25) is 9.69 Å². The fraction of sp³-hybridized carbons (Fsp3) is 0.545. The lowest BCUT2D eigenvalue weighted by Crippen LogP contribution is -2.54. The van der Waals surface area contributed by atoms with Gasteiger partial charge in [0.25, 0.3) is 0 Å². The number of thiazole rings is 1. The molecule has 11 heteroatoms. The molecule has 0 spiro atoms. The summed E-state index contributed by atoms with van der Waals surface area (Å²) in [5.41, 5.74) is 1.50. The van der Waals surface area contributed by atoms with Crippen molar-refractivity contribution in [3.63, 3.8) is 0 Å². The molecule has 0 radical (unpaired) electrons. The second kappa shape index (κ2) is 10.6. The molecular formula is C22H31N5O4S2. The van der Waals surface area contributed by atoms with E-state index in [0.29, 0.717) is 30.2 Å². The van der Waals surface area contributed by atoms with E-state index in [2.05, 4.69) is 20.1 Å². The van der Waals surface area contributed by atoms with Gasteiger partial charge in [-0.05, 0) is 26.1 Å². The highest BCUT2D eigenvalue weighted by molar-refractivity contribution is 7.80. The topological polar surface area (TPSA) is 98.2 Å². The Bertz CT molecular complexity index is 950. The van der Waals surface area contributed by atoms with Crippen LogP contribution in [0.5, 0.6) is 0 Å². The van der Waals surface area contributed by atoms with E-state index in [9.17, 15) is 14.7 Å². The molecule has 0 bridgehead atoms. The molecule has 9 nitrogen and oxygen atoms in total. The second-order valence-electron chi connectivity index (χ2n) is 8.82. The fourth-order valence-electron chi connectivity index (χ4n) is 3.87. The summed E-state index contributed by atoms with van der Waals surface area (Å²) in [6.45, 7) is 7.33. The number of nitrogens with zero attached hydrogens (tertiary/aromatic N) is 4. The molecule has 0 unspecified atom stereocenters. The van der Waals surface area contributed by atoms with E-state index >= 15 is 0 Å². The van der Waals surface area contributed by atoms with Gasteiger partial charge < -0.3 is 25.0 Å². The van der Waals surface area contributed by atoms with E-state index in [1.54, 1.807) is 31.4 Å². The first-order valence-electron chi connectivity index (χ1n) is 10.8. The standard InChI is InChI=1S/C22H31N5O4S2/c1-22(2,20(29)30)14-25(3)21(32)27-10-8-26(9-11-27)13-17-15(19(28)31-4)5-6-16(24-17)18-23-7-12-33-18/h6-7,12,24H,5,8-11,13-14H2,1-4H3,(H,29,30). The van der Waals surface area contributed by atoms with Gasteiger partial charge in [-0.2, -0.15) is 0 Å². The lowest BCUT2D eigenvalue weighted by Gasteiger charge is -2.40. The van der Waals surface area contributed by atoms with Gasteiger partial charge in [-0.15, -0.1) is 11.3 Å². The number of nitrogens with one attached hydrogen (secondary N) is 1. The van der Waals surface area contributed by atoms with Crippen molar-refractivity contribution < 1.29 is 19.4 Å². The van der Waals surface area contributed by atoms with E-state index in [1.807, 2.05) is 23.4 Å². The van der Waals surface area contributed by atoms with Crippen LogP contribution in [0.2, 0.25) is 0 Å². The highest BCUT2D eigenvalue weighted by Crippen LogP contribution is 2.25. The molecule has 2 N–H and O–H groups in total. The Morgan fingerprint density at radius 2 is 2.03 bits per heavy atom. The van der Waals surface area contributed by atoms with Gasteiger partial charge in [0.05, 0.1) is 23.8 Å². The number of carbonyl (C=O) groups is 2. The van der Waals surface area contributed by atoms with Crippen molar-refractivity contribution in [2.45, 2.75) is 20.3 Å². The molecule has 3 heterocycles. The first-order valence-corrected chi connectivity index (χ1v) is 12.0. The number of piperazine rings is 1. The number of dihydropyridines is 1. The Morgan fingerprint density at radius 1 is 1.33 bits per heavy atom. The van der Waals surface area contributed by atoms with Crippen LogP contribution in [-0.2, 0) is 14.3 Å². The molecule has 1 aromatic heterocycles. The van der Waals surface area contributed by atoms with Crippen LogP contribution >= 0.6 is 23.6 Å². The number of aromatic nitrogens is 1. The molecule has 33 heavy (non-hydrogen) atoms. The van der Waals surface area contributed by atoms with Crippen LogP contribution in [0.1, 0.15) is 25.3 Å². The van der Waals surface area contributed by atoms with Gasteiger partial charge >= 0.3 is 11.9 Å². The summed E-state index contributed by atoms with van der Waals surface area (Å²) in [6, 6.07) is 0. The maximum atomic E-state index is 12.3. The van der Waals surface area contributed by atoms with E-state index < -0.39 is 11.4 Å². The second-order valence-corrected chi connectivity index (χ2v) is 10.1. The summed E-state index contributed by atoms with van der Waals surface area (Å²) < 4.78 is 5.00. The fourth-order valence-corrected chi connectivity index (χ4v) is 4.75. The zero-order valence-corrected chi connectivity index (χ0v) is 21.1. The van der Waals surface area contributed by atoms with Gasteiger partial charge in [0.1, 0.15) is 5.01 Å². The van der Waals surface area contributed by atoms with Crippen molar-refractivity contribution in [1.29, 1.82) is 0 Å². The number of rotatable bonds is 7. The minimum Gasteiger partial charge on any atom is -0.481 e. The van der Waals surface area contributed by atoms with Crippen LogP contribution in [0.15, 0.2) is 28.9 Å². The Balaban J connectivity index is 1.60. The molecule has 0 saturated carbocycles. The van der Waals surface area contributed by atoms with Gasteiger partial charge in [0.2, 0.25) is 0 Å². The van der Waals surface area contributed by atoms with Gasteiger partial charge in [-0.1, -0.05) is 6.08 Å². The smallest absolute Gasteiger partial charge is 0.335 e. The van der Waals surface area contributed by atoms with Gasteiger partial charge in [0, 0.05) is 70.0 Å². The maximum absolute atomic E-state index is 12.3. The van der Waals surface area contributed by atoms with Crippen LogP contribution in [0.25, 0.3) is 5.70 Å². The molecule has 0 amide bonds. The van der Waals surface area contributed by atoms with Crippen molar-refractivity contribution in [2.24, 2.45) is 5.41 Å². The molecule has 1 aromatic rings. The summed E-state index contributed by atoms with van der Waals surface area (Å²) in [4.78, 5) is 34.4. The average molecular weight is 494 g/mol. The number of allylic oxidation sites excluding steroid dienone is 1. The molecule has 2 aliphatic rings. The number of carbonyl (C=O) groups excluding carboxylic acids is 1. The quantitative estimate of drug-likeness (QED) is 0.433. The Labute approximate surface area is 203 Å². The molecular weight excluding hydrogens is 462 g/mol. The minimum atomic E-state index is -0.882. The maximum Gasteiger partial charge on any atom is 0.335 e. The number of ether oxygens (including phenoxy) is 1. The van der Waals surface area contributed by atoms with Crippen LogP contribution in [0.3, 0.4) is 0 Å². The first kappa shape index (κ1) is 25.1. The number of hydrogen-bond acceptors (Lipinski definition) is 8. The lowest BCUT2D eigenvalue weighted by atomic mass is 9.93. The molecule has 3 rings (SSSR count). The van der Waals surface area contributed by atoms with Crippen molar-refractivity contribution in [2.75, 3.05) is 53.4 Å². The average Bonchev–Trinajstić information content (AvgIpc) is 3.33. The molecule has 0 aromatic carbocycles. The number of carboxylic acids is 1. The van der Waals surface area contributed by atoms with Crippen molar-refractivity contribution in [3.05, 3.63) is 33.9 Å². The summed E-state index contributed by atoms with van der Waals surface area (Å²) in [5, 5.41) is 16.3. The number of hydrogen-bond donors (Lipinski definition) is 2. The predicted octanol–water partition coefficient (Wildman–Crippen LogP) is 1.85. The number of methoxy groups -OCH3 is 1. The third kappa shape index (κ3) is 6.10. The monoisotopic (exact) mass is 493 g/mol. The number of esters is 1. The van der Waals surface area contributed by atoms with Gasteiger partial charge in [-0.25, -0.2) is 9.78 Å². The molecule has 180 valence electrons. The molecule has 1 saturated heterocycles. The summed E-state index contributed by atoms with van der Waals surface area (Å²) in [5.74, 6) is -1.17. The van der Waals surface area contributed by atoms with E-state index in [4.69, 9.17) is 17.0 Å². The number of thiocarbonyl (C=S) groups is 1. The van der Waals surface area contributed by atoms with Crippen LogP contribution < -0.4 is 5.32 Å². The molecule has 0 atom stereocenters. The van der Waals surface area contributed by atoms with E-state index in [0.717, 1.165) is 42.6 Å². The number of carboxylic acid groups (broad SMARTS) is 1. The Hall–Kier alpha value is -2.50. The van der Waals surface area contributed by atoms with Crippen molar-refractivity contribution in [1.82, 2.24) is 25.0 Å². The van der Waals surface area contributed by atoms with Crippen LogP contribution in [0, 0.1) is 5.41 Å². The highest BCUT2D eigenvalue weighted by Gasteiger charge is 2.31. The molecule has 0 aliphatic carbocycles. The van der Waals surface area contributed by atoms with Crippen LogP contribution in [0.4, 0.5) is 0 Å². The summed E-state index contributed by atoms with van der Waals surface area (Å²) in [7, 11) is 3.24. The largest absolute Gasteiger partial charge is 0.481 e. The lowest BCUT2D eigenvalue weighted by molar-refractivity contribution is -0.147. The van der Waals surface area contributed by atoms with E-state index in [-0.39, 0.29) is 5.97 Å². The SMILES string of the molecule is COC(=O)C1=C(CN2CCN(C(=S)N(C)CC(C)(C)C(=O)O)CC2)NC(c2nccs2)=CC1. The minimum absolute atomic E-state index is 0.325. The molecule has 2 aliphatic heterocycles. The first-order chi connectivity index (χ1) is 15.6. The van der Waals surface area contributed by atoms with E-state index in [1.165, 1.54) is 7.11 Å². The number of aliphatic carboxylic acids is 1. The third-order valence-electron chi connectivity index (χ3n) is 5.82. The van der Waals surface area contributed by atoms with Crippen molar-refractivity contribution >= 4 is 46.3 Å².